The van der Waals surface area contributed by atoms with Gasteiger partial charge >= 0.3 is 0 Å². The molecule has 0 aliphatic carbocycles. The van der Waals surface area contributed by atoms with Gasteiger partial charge in [-0.15, -0.1) is 0 Å². The van der Waals surface area contributed by atoms with Crippen LogP contribution in [-0.4, -0.2) is 62.7 Å². The largest absolute Gasteiger partial charge is 0.338 e. The molecule has 0 saturated carbocycles. The van der Waals surface area contributed by atoms with Crippen molar-refractivity contribution < 1.29 is 4.52 Å². The number of aromatic nitrogens is 4. The molecule has 4 rings (SSSR count). The van der Waals surface area contributed by atoms with Crippen LogP contribution in [0.2, 0.25) is 0 Å². The minimum Gasteiger partial charge on any atom is -0.338 e. The van der Waals surface area contributed by atoms with E-state index in [1.165, 1.54) is 5.52 Å². The van der Waals surface area contributed by atoms with Crippen molar-refractivity contribution in [3.8, 4) is 0 Å². The lowest BCUT2D eigenvalue weighted by Gasteiger charge is -2.37. The summed E-state index contributed by atoms with van der Waals surface area (Å²) in [6, 6.07) is 8.45. The normalized spacial score (nSPS) is 19.7. The lowest BCUT2D eigenvalue weighted by Crippen LogP contribution is -2.47. The van der Waals surface area contributed by atoms with E-state index in [0.29, 0.717) is 11.7 Å². The summed E-state index contributed by atoms with van der Waals surface area (Å²) < 4.78 is 7.60. The van der Waals surface area contributed by atoms with Crippen molar-refractivity contribution in [2.75, 3.05) is 33.2 Å². The Hall–Kier alpha value is -2.25. The fourth-order valence-electron chi connectivity index (χ4n) is 3.53. The van der Waals surface area contributed by atoms with Crippen LogP contribution in [0, 0.1) is 6.92 Å². The highest BCUT2D eigenvalue weighted by molar-refractivity contribution is 5.75. The molecular formula is C18H24N6O. The van der Waals surface area contributed by atoms with Crippen LogP contribution in [0.4, 0.5) is 0 Å². The van der Waals surface area contributed by atoms with E-state index in [0.717, 1.165) is 43.9 Å². The fraction of sp³-hybridized carbons (Fsp3) is 0.500. The summed E-state index contributed by atoms with van der Waals surface area (Å²) in [6.07, 6.45) is 0.935. The van der Waals surface area contributed by atoms with E-state index < -0.39 is 0 Å². The summed E-state index contributed by atoms with van der Waals surface area (Å²) in [5, 5.41) is 3.94. The van der Waals surface area contributed by atoms with Crippen LogP contribution in [0.25, 0.3) is 11.0 Å². The maximum absolute atomic E-state index is 5.40. The van der Waals surface area contributed by atoms with Crippen molar-refractivity contribution in [1.82, 2.24) is 29.5 Å². The number of piperazine rings is 1. The highest BCUT2D eigenvalue weighted by Gasteiger charge is 2.29. The Morgan fingerprint density at radius 3 is 2.76 bits per heavy atom. The number of hydrogen-bond acceptors (Lipinski definition) is 6. The van der Waals surface area contributed by atoms with Gasteiger partial charge in [-0.3, -0.25) is 9.80 Å². The van der Waals surface area contributed by atoms with Crippen molar-refractivity contribution in [2.45, 2.75) is 19.4 Å². The molecule has 0 spiro atoms. The molecule has 25 heavy (non-hydrogen) atoms. The molecule has 0 unspecified atom stereocenters. The van der Waals surface area contributed by atoms with Crippen LogP contribution in [-0.2, 0) is 13.5 Å². The molecule has 3 heterocycles. The van der Waals surface area contributed by atoms with Gasteiger partial charge in [0.05, 0.1) is 11.0 Å². The molecule has 0 radical (unpaired) electrons. The zero-order valence-corrected chi connectivity index (χ0v) is 15.0. The van der Waals surface area contributed by atoms with E-state index in [1.54, 1.807) is 0 Å². The average Bonchev–Trinajstić information content (AvgIpc) is 3.18. The third kappa shape index (κ3) is 3.17. The number of aryl methyl sites for hydroxylation is 2. The molecular weight excluding hydrogens is 316 g/mol. The molecule has 2 aromatic heterocycles. The molecule has 7 nitrogen and oxygen atoms in total. The molecule has 1 atom stereocenters. The van der Waals surface area contributed by atoms with E-state index in [1.807, 2.05) is 13.0 Å². The number of likely N-dealkylation sites (N-methyl/N-ethyl adjacent to an activating group) is 1. The Labute approximate surface area is 147 Å². The highest BCUT2D eigenvalue weighted by Crippen LogP contribution is 2.23. The van der Waals surface area contributed by atoms with Gasteiger partial charge in [0.25, 0.3) is 0 Å². The fourth-order valence-corrected chi connectivity index (χ4v) is 3.53. The number of nitrogens with zero attached hydrogens (tertiary/aromatic N) is 6. The van der Waals surface area contributed by atoms with E-state index in [4.69, 9.17) is 9.51 Å². The van der Waals surface area contributed by atoms with E-state index in [-0.39, 0.29) is 6.04 Å². The first kappa shape index (κ1) is 16.2. The third-order valence-corrected chi connectivity index (χ3v) is 5.09. The molecule has 0 N–H and O–H groups in total. The maximum Gasteiger partial charge on any atom is 0.245 e. The van der Waals surface area contributed by atoms with Gasteiger partial charge in [-0.05, 0) is 26.1 Å². The predicted molar refractivity (Wildman–Crippen MR) is 95.3 cm³/mol. The molecule has 1 saturated heterocycles. The topological polar surface area (TPSA) is 63.2 Å². The van der Waals surface area contributed by atoms with Gasteiger partial charge in [0.2, 0.25) is 5.89 Å². The number of benzene rings is 1. The number of imidazole rings is 1. The van der Waals surface area contributed by atoms with Crippen molar-refractivity contribution in [2.24, 2.45) is 7.05 Å². The van der Waals surface area contributed by atoms with Crippen LogP contribution >= 0.6 is 0 Å². The van der Waals surface area contributed by atoms with E-state index >= 15 is 0 Å². The highest BCUT2D eigenvalue weighted by atomic mass is 16.5. The van der Waals surface area contributed by atoms with Gasteiger partial charge < -0.3 is 9.09 Å². The van der Waals surface area contributed by atoms with Crippen LogP contribution < -0.4 is 0 Å². The minimum absolute atomic E-state index is 0.162. The Bertz CT molecular complexity index is 869. The number of rotatable bonds is 4. The molecule has 3 aromatic rings. The van der Waals surface area contributed by atoms with Gasteiger partial charge in [0.15, 0.2) is 5.82 Å². The quantitative estimate of drug-likeness (QED) is 0.722. The summed E-state index contributed by atoms with van der Waals surface area (Å²) in [5.41, 5.74) is 2.26. The summed E-state index contributed by atoms with van der Waals surface area (Å²) in [5.74, 6) is 2.54. The van der Waals surface area contributed by atoms with Gasteiger partial charge in [-0.1, -0.05) is 17.3 Å². The minimum atomic E-state index is 0.162. The van der Waals surface area contributed by atoms with Crippen LogP contribution in [0.15, 0.2) is 28.8 Å². The first-order valence-corrected chi connectivity index (χ1v) is 8.75. The molecule has 1 fully saturated rings. The third-order valence-electron chi connectivity index (χ3n) is 5.09. The van der Waals surface area contributed by atoms with Gasteiger partial charge in [-0.25, -0.2) is 4.98 Å². The van der Waals surface area contributed by atoms with Crippen molar-refractivity contribution in [3.63, 3.8) is 0 Å². The van der Waals surface area contributed by atoms with Gasteiger partial charge in [0.1, 0.15) is 11.9 Å². The number of hydrogen-bond donors (Lipinski definition) is 0. The molecule has 1 aliphatic heterocycles. The zero-order valence-electron chi connectivity index (χ0n) is 15.0. The van der Waals surface area contributed by atoms with E-state index in [9.17, 15) is 0 Å². The zero-order chi connectivity index (χ0) is 17.4. The van der Waals surface area contributed by atoms with E-state index in [2.05, 4.69) is 56.8 Å². The first-order valence-electron chi connectivity index (χ1n) is 8.75. The van der Waals surface area contributed by atoms with Gasteiger partial charge in [-0.2, -0.15) is 4.98 Å². The number of para-hydroxylation sites is 2. The second kappa shape index (κ2) is 6.57. The smallest absolute Gasteiger partial charge is 0.245 e. The monoisotopic (exact) mass is 340 g/mol. The lowest BCUT2D eigenvalue weighted by atomic mass is 10.1. The summed E-state index contributed by atoms with van der Waals surface area (Å²) in [7, 11) is 4.21. The Morgan fingerprint density at radius 2 is 2.00 bits per heavy atom. The second-order valence-electron chi connectivity index (χ2n) is 6.80. The standard InChI is InChI=1S/C18H24N6O/c1-13-19-18(25-21-13)16-12-24(11-10-22(16)2)9-8-17-20-14-6-4-5-7-15(14)23(17)3/h4-7,16H,8-12H2,1-3H3/t16-/m0/s1. The average molecular weight is 340 g/mol. The summed E-state index contributed by atoms with van der Waals surface area (Å²) in [6.45, 7) is 5.79. The Balaban J connectivity index is 1.44. The Morgan fingerprint density at radius 1 is 1.16 bits per heavy atom. The Kier molecular flexibility index (Phi) is 4.27. The van der Waals surface area contributed by atoms with Gasteiger partial charge in [0, 0.05) is 39.6 Å². The first-order chi connectivity index (χ1) is 12.1. The maximum atomic E-state index is 5.40. The molecule has 7 heteroatoms. The summed E-state index contributed by atoms with van der Waals surface area (Å²) >= 11 is 0. The molecule has 132 valence electrons. The molecule has 1 aromatic carbocycles. The van der Waals surface area contributed by atoms with Crippen LogP contribution in [0.5, 0.6) is 0 Å². The van der Waals surface area contributed by atoms with Crippen molar-refractivity contribution in [3.05, 3.63) is 41.8 Å². The lowest BCUT2D eigenvalue weighted by molar-refractivity contribution is 0.0763. The molecule has 0 bridgehead atoms. The van der Waals surface area contributed by atoms with Crippen molar-refractivity contribution >= 4 is 11.0 Å². The predicted octanol–water partition coefficient (Wildman–Crippen LogP) is 1.80. The SMILES string of the molecule is Cc1noc([C@@H]2CN(CCc3nc4ccccc4n3C)CCN2C)n1. The van der Waals surface area contributed by atoms with Crippen molar-refractivity contribution in [1.29, 1.82) is 0 Å². The summed E-state index contributed by atoms with van der Waals surface area (Å²) in [4.78, 5) is 13.9. The molecule has 1 aliphatic rings. The number of fused-ring (bicyclic) bond motifs is 1. The van der Waals surface area contributed by atoms with Crippen LogP contribution in [0.3, 0.4) is 0 Å². The van der Waals surface area contributed by atoms with Crippen LogP contribution in [0.1, 0.15) is 23.6 Å². The second-order valence-corrected chi connectivity index (χ2v) is 6.80. The molecule has 0 amide bonds.